The van der Waals surface area contributed by atoms with Crippen molar-refractivity contribution in [2.45, 2.75) is 19.9 Å². The number of rotatable bonds is 7. The summed E-state index contributed by atoms with van der Waals surface area (Å²) in [5.41, 5.74) is 1.37. The van der Waals surface area contributed by atoms with Crippen molar-refractivity contribution in [1.82, 2.24) is 5.32 Å². The number of carbonyl (C=O) groups excluding carboxylic acids is 2. The molecule has 28 heavy (non-hydrogen) atoms. The number of hydrogen-bond acceptors (Lipinski definition) is 4. The van der Waals surface area contributed by atoms with E-state index in [9.17, 15) is 14.4 Å². The zero-order valence-corrected chi connectivity index (χ0v) is 16.0. The number of aliphatic carboxylic acids is 1. The highest BCUT2D eigenvalue weighted by Crippen LogP contribution is 2.28. The summed E-state index contributed by atoms with van der Waals surface area (Å²) in [5.74, 6) is -1.28. The van der Waals surface area contributed by atoms with E-state index in [0.29, 0.717) is 16.9 Å². The summed E-state index contributed by atoms with van der Waals surface area (Å²) in [5, 5.41) is 16.8. The smallest absolute Gasteiger partial charge is 0.341 e. The van der Waals surface area contributed by atoms with Crippen molar-refractivity contribution >= 4 is 40.9 Å². The van der Waals surface area contributed by atoms with Gasteiger partial charge in [0.15, 0.2) is 6.61 Å². The van der Waals surface area contributed by atoms with Gasteiger partial charge in [-0.15, -0.1) is 0 Å². The summed E-state index contributed by atoms with van der Waals surface area (Å²) in [6.45, 7) is 3.19. The largest absolute Gasteiger partial charge is 0.480 e. The van der Waals surface area contributed by atoms with E-state index in [1.165, 1.54) is 12.1 Å². The molecule has 0 unspecified atom stereocenters. The molecule has 9 heteroatoms. The van der Waals surface area contributed by atoms with Crippen LogP contribution in [0.1, 0.15) is 24.2 Å². The Balaban J connectivity index is 1.98. The first-order chi connectivity index (χ1) is 13.2. The van der Waals surface area contributed by atoms with Crippen molar-refractivity contribution in [1.29, 1.82) is 0 Å². The number of hydrogen-bond donors (Lipinski definition) is 4. The minimum atomic E-state index is -1.12. The average molecular weight is 406 g/mol. The van der Waals surface area contributed by atoms with Gasteiger partial charge >= 0.3 is 12.0 Å². The summed E-state index contributed by atoms with van der Waals surface area (Å²) in [4.78, 5) is 34.5. The predicted octanol–water partition coefficient (Wildman–Crippen LogP) is 3.59. The number of halogens is 1. The normalized spacial score (nSPS) is 10.3. The molecule has 0 saturated carbocycles. The maximum Gasteiger partial charge on any atom is 0.341 e. The Kier molecular flexibility index (Phi) is 7.22. The van der Waals surface area contributed by atoms with Gasteiger partial charge in [-0.05, 0) is 56.3 Å². The van der Waals surface area contributed by atoms with Crippen LogP contribution in [0.15, 0.2) is 42.5 Å². The van der Waals surface area contributed by atoms with Crippen LogP contribution in [0, 0.1) is 0 Å². The number of amides is 3. The molecule has 0 fully saturated rings. The Bertz CT molecular complexity index is 868. The van der Waals surface area contributed by atoms with Crippen LogP contribution in [0.2, 0.25) is 5.02 Å². The SMILES string of the molecule is CC(C)NC(=O)Nc1ccc(C(=O)Nc2ccc(OCC(=O)O)c(Cl)c2)cc1. The number of nitrogens with one attached hydrogen (secondary N) is 3. The highest BCUT2D eigenvalue weighted by molar-refractivity contribution is 6.32. The van der Waals surface area contributed by atoms with Crippen LogP contribution in [-0.4, -0.2) is 35.7 Å². The number of ether oxygens (including phenoxy) is 1. The average Bonchev–Trinajstić information content (AvgIpc) is 2.60. The third-order valence-electron chi connectivity index (χ3n) is 3.37. The first kappa shape index (κ1) is 21.0. The Morgan fingerprint density at radius 3 is 2.25 bits per heavy atom. The molecule has 0 aliphatic rings. The molecule has 0 aliphatic heterocycles. The number of carbonyl (C=O) groups is 3. The van der Waals surface area contributed by atoms with E-state index in [1.807, 2.05) is 13.8 Å². The summed E-state index contributed by atoms with van der Waals surface area (Å²) in [6, 6.07) is 10.6. The van der Waals surface area contributed by atoms with Crippen molar-refractivity contribution in [2.24, 2.45) is 0 Å². The summed E-state index contributed by atoms with van der Waals surface area (Å²) in [6.07, 6.45) is 0. The number of anilines is 2. The van der Waals surface area contributed by atoms with Crippen LogP contribution in [0.4, 0.5) is 16.2 Å². The van der Waals surface area contributed by atoms with E-state index in [-0.39, 0.29) is 28.8 Å². The maximum atomic E-state index is 12.3. The van der Waals surface area contributed by atoms with Gasteiger partial charge in [-0.3, -0.25) is 4.79 Å². The van der Waals surface area contributed by atoms with Gasteiger partial charge in [-0.2, -0.15) is 0 Å². The van der Waals surface area contributed by atoms with Crippen molar-refractivity contribution in [2.75, 3.05) is 17.2 Å². The quantitative estimate of drug-likeness (QED) is 0.561. The fourth-order valence-electron chi connectivity index (χ4n) is 2.17. The second-order valence-electron chi connectivity index (χ2n) is 6.11. The zero-order chi connectivity index (χ0) is 20.7. The molecule has 0 aromatic heterocycles. The molecule has 0 bridgehead atoms. The third kappa shape index (κ3) is 6.48. The number of urea groups is 1. The van der Waals surface area contributed by atoms with E-state index >= 15 is 0 Å². The van der Waals surface area contributed by atoms with Crippen LogP contribution in [0.3, 0.4) is 0 Å². The number of benzene rings is 2. The van der Waals surface area contributed by atoms with Gasteiger partial charge in [0.1, 0.15) is 5.75 Å². The number of carboxylic acid groups (broad SMARTS) is 1. The molecule has 0 spiro atoms. The molecule has 2 aromatic carbocycles. The van der Waals surface area contributed by atoms with Crippen LogP contribution < -0.4 is 20.7 Å². The van der Waals surface area contributed by atoms with Crippen molar-refractivity contribution in [3.63, 3.8) is 0 Å². The summed E-state index contributed by atoms with van der Waals surface area (Å²) in [7, 11) is 0. The second-order valence-corrected chi connectivity index (χ2v) is 6.52. The minimum Gasteiger partial charge on any atom is -0.480 e. The number of carboxylic acids is 1. The van der Waals surface area contributed by atoms with Gasteiger partial charge in [-0.25, -0.2) is 9.59 Å². The van der Waals surface area contributed by atoms with Gasteiger partial charge in [0.2, 0.25) is 0 Å². The van der Waals surface area contributed by atoms with Gasteiger partial charge in [0.25, 0.3) is 5.91 Å². The molecule has 0 aliphatic carbocycles. The van der Waals surface area contributed by atoms with Crippen LogP contribution in [0.5, 0.6) is 5.75 Å². The summed E-state index contributed by atoms with van der Waals surface area (Å²) >= 11 is 6.03. The molecular formula is C19H20ClN3O5. The van der Waals surface area contributed by atoms with Gasteiger partial charge < -0.3 is 25.8 Å². The fourth-order valence-corrected chi connectivity index (χ4v) is 2.41. The first-order valence-corrected chi connectivity index (χ1v) is 8.75. The van der Waals surface area contributed by atoms with Gasteiger partial charge in [-0.1, -0.05) is 11.6 Å². The standard InChI is InChI=1S/C19H20ClN3O5/c1-11(2)21-19(27)23-13-5-3-12(4-6-13)18(26)22-14-7-8-16(15(20)9-14)28-10-17(24)25/h3-9,11H,10H2,1-2H3,(H,22,26)(H,24,25)(H2,21,23,27). The molecule has 0 radical (unpaired) electrons. The molecular weight excluding hydrogens is 386 g/mol. The van der Waals surface area contributed by atoms with Gasteiger partial charge in [0.05, 0.1) is 5.02 Å². The Morgan fingerprint density at radius 2 is 1.68 bits per heavy atom. The van der Waals surface area contributed by atoms with E-state index < -0.39 is 12.6 Å². The van der Waals surface area contributed by atoms with E-state index in [4.69, 9.17) is 21.4 Å². The van der Waals surface area contributed by atoms with Crippen molar-refractivity contribution < 1.29 is 24.2 Å². The Morgan fingerprint density at radius 1 is 1.04 bits per heavy atom. The van der Waals surface area contributed by atoms with Crippen LogP contribution in [0.25, 0.3) is 0 Å². The van der Waals surface area contributed by atoms with Crippen LogP contribution >= 0.6 is 11.6 Å². The lowest BCUT2D eigenvalue weighted by Crippen LogP contribution is -2.34. The topological polar surface area (TPSA) is 117 Å². The molecule has 148 valence electrons. The molecule has 0 saturated heterocycles. The molecule has 0 atom stereocenters. The summed E-state index contributed by atoms with van der Waals surface area (Å²) < 4.78 is 5.03. The van der Waals surface area contributed by atoms with Crippen molar-refractivity contribution in [3.8, 4) is 5.75 Å². The first-order valence-electron chi connectivity index (χ1n) is 8.37. The van der Waals surface area contributed by atoms with Crippen molar-refractivity contribution in [3.05, 3.63) is 53.1 Å². The predicted molar refractivity (Wildman–Crippen MR) is 106 cm³/mol. The molecule has 8 nitrogen and oxygen atoms in total. The molecule has 2 rings (SSSR count). The van der Waals surface area contributed by atoms with E-state index in [0.717, 1.165) is 0 Å². The minimum absolute atomic E-state index is 0.0118. The monoisotopic (exact) mass is 405 g/mol. The molecule has 2 aromatic rings. The van der Waals surface area contributed by atoms with Crippen LogP contribution in [-0.2, 0) is 4.79 Å². The molecule has 4 N–H and O–H groups in total. The van der Waals surface area contributed by atoms with Gasteiger partial charge in [0, 0.05) is 23.0 Å². The maximum absolute atomic E-state index is 12.3. The lowest BCUT2D eigenvalue weighted by Gasteiger charge is -2.11. The fraction of sp³-hybridized carbons (Fsp3) is 0.211. The molecule has 0 heterocycles. The lowest BCUT2D eigenvalue weighted by atomic mass is 10.2. The third-order valence-corrected chi connectivity index (χ3v) is 3.66. The lowest BCUT2D eigenvalue weighted by molar-refractivity contribution is -0.139. The highest BCUT2D eigenvalue weighted by Gasteiger charge is 2.10. The zero-order valence-electron chi connectivity index (χ0n) is 15.3. The Hall–Kier alpha value is -3.26. The molecule has 3 amide bonds. The second kappa shape index (κ2) is 9.61. The Labute approximate surface area is 166 Å². The van der Waals surface area contributed by atoms with E-state index in [1.54, 1.807) is 30.3 Å². The highest BCUT2D eigenvalue weighted by atomic mass is 35.5. The van der Waals surface area contributed by atoms with E-state index in [2.05, 4.69) is 16.0 Å².